The molecule has 0 radical (unpaired) electrons. The van der Waals surface area contributed by atoms with Gasteiger partial charge in [-0.15, -0.1) is 0 Å². The molecule has 0 unspecified atom stereocenters. The molecule has 0 aromatic heterocycles. The number of hydrogen-bond acceptors (Lipinski definition) is 1. The normalized spacial score (nSPS) is 10.7. The van der Waals surface area contributed by atoms with Gasteiger partial charge in [0.1, 0.15) is 17.5 Å². The zero-order chi connectivity index (χ0) is 15.0. The zero-order valence-electron chi connectivity index (χ0n) is 10.1. The number of carbonyl (C=O) groups is 1. The molecule has 20 heavy (non-hydrogen) atoms. The van der Waals surface area contributed by atoms with Gasteiger partial charge in [0.15, 0.2) is 0 Å². The summed E-state index contributed by atoms with van der Waals surface area (Å²) in [7, 11) is 0. The molecule has 0 aliphatic rings. The first kappa shape index (κ1) is 15.1. The van der Waals surface area contributed by atoms with Crippen LogP contribution < -0.4 is 0 Å². The van der Waals surface area contributed by atoms with Gasteiger partial charge in [-0.2, -0.15) is 0 Å². The Bertz CT molecular complexity index is 716. The highest BCUT2D eigenvalue weighted by Crippen LogP contribution is 2.28. The molecule has 0 amide bonds. The fourth-order valence-corrected chi connectivity index (χ4v) is 2.18. The van der Waals surface area contributed by atoms with E-state index in [-0.39, 0.29) is 15.1 Å². The minimum atomic E-state index is -1.09. The molecule has 2 aromatic carbocycles. The summed E-state index contributed by atoms with van der Waals surface area (Å²) in [5, 5.41) is 0.0724. The van der Waals surface area contributed by atoms with Gasteiger partial charge in [-0.25, -0.2) is 13.2 Å². The van der Waals surface area contributed by atoms with E-state index >= 15 is 0 Å². The SMILES string of the molecule is Cc1ccc(F)c(C(=O)c2cc(Cl)c(Br)cc2F)c1F. The largest absolute Gasteiger partial charge is 0.288 e. The summed E-state index contributed by atoms with van der Waals surface area (Å²) in [5.74, 6) is -4.05. The van der Waals surface area contributed by atoms with Crippen LogP contribution in [0.3, 0.4) is 0 Å². The molecule has 0 spiro atoms. The second-order valence-electron chi connectivity index (χ2n) is 4.13. The zero-order valence-corrected chi connectivity index (χ0v) is 12.4. The van der Waals surface area contributed by atoms with E-state index < -0.39 is 34.4 Å². The summed E-state index contributed by atoms with van der Waals surface area (Å²) in [6.07, 6.45) is 0. The maximum Gasteiger partial charge on any atom is 0.201 e. The average Bonchev–Trinajstić information content (AvgIpc) is 2.38. The van der Waals surface area contributed by atoms with Gasteiger partial charge in [-0.3, -0.25) is 4.79 Å². The molecule has 104 valence electrons. The fourth-order valence-electron chi connectivity index (χ4n) is 1.70. The lowest BCUT2D eigenvalue weighted by Gasteiger charge is -2.08. The minimum absolute atomic E-state index is 0.0724. The quantitative estimate of drug-likeness (QED) is 0.538. The van der Waals surface area contributed by atoms with Crippen LogP contribution in [0.5, 0.6) is 0 Å². The van der Waals surface area contributed by atoms with E-state index in [2.05, 4.69) is 15.9 Å². The van der Waals surface area contributed by atoms with E-state index in [1.165, 1.54) is 13.0 Å². The topological polar surface area (TPSA) is 17.1 Å². The smallest absolute Gasteiger partial charge is 0.201 e. The molecule has 0 bridgehead atoms. The van der Waals surface area contributed by atoms with Gasteiger partial charge in [0.2, 0.25) is 5.78 Å². The molecule has 0 aliphatic heterocycles. The standard InChI is InChI=1S/C14H7BrClF3O/c1-6-2-3-10(17)12(13(6)19)14(20)7-4-9(16)8(15)5-11(7)18/h2-5H,1H3. The summed E-state index contributed by atoms with van der Waals surface area (Å²) >= 11 is 8.77. The Morgan fingerprint density at radius 3 is 2.45 bits per heavy atom. The summed E-state index contributed by atoms with van der Waals surface area (Å²) in [5.41, 5.74) is -1.18. The van der Waals surface area contributed by atoms with E-state index in [1.807, 2.05) is 0 Å². The molecule has 0 aliphatic carbocycles. The van der Waals surface area contributed by atoms with Crippen molar-refractivity contribution in [2.24, 2.45) is 0 Å². The molecule has 0 saturated carbocycles. The van der Waals surface area contributed by atoms with Crippen molar-refractivity contribution >= 4 is 33.3 Å². The average molecular weight is 364 g/mol. The number of aryl methyl sites for hydroxylation is 1. The molecule has 0 atom stereocenters. The van der Waals surface area contributed by atoms with Crippen molar-refractivity contribution in [2.75, 3.05) is 0 Å². The Morgan fingerprint density at radius 1 is 1.15 bits per heavy atom. The predicted molar refractivity (Wildman–Crippen MR) is 73.6 cm³/mol. The second kappa shape index (κ2) is 5.58. The lowest BCUT2D eigenvalue weighted by atomic mass is 10.00. The molecule has 0 fully saturated rings. The number of ketones is 1. The highest BCUT2D eigenvalue weighted by atomic mass is 79.9. The first-order valence-corrected chi connectivity index (χ1v) is 6.64. The lowest BCUT2D eigenvalue weighted by Crippen LogP contribution is -2.10. The molecule has 0 heterocycles. The van der Waals surface area contributed by atoms with Crippen molar-refractivity contribution in [1.82, 2.24) is 0 Å². The third-order valence-electron chi connectivity index (χ3n) is 2.77. The minimum Gasteiger partial charge on any atom is -0.288 e. The van der Waals surface area contributed by atoms with Crippen molar-refractivity contribution in [3.63, 3.8) is 0 Å². The van der Waals surface area contributed by atoms with Crippen LogP contribution in [0, 0.1) is 24.4 Å². The third kappa shape index (κ3) is 2.60. The van der Waals surface area contributed by atoms with Crippen molar-refractivity contribution < 1.29 is 18.0 Å². The molecule has 2 rings (SSSR count). The maximum atomic E-state index is 13.9. The summed E-state index contributed by atoms with van der Waals surface area (Å²) < 4.78 is 41.6. The fraction of sp³-hybridized carbons (Fsp3) is 0.0714. The molecular formula is C14H7BrClF3O. The van der Waals surface area contributed by atoms with Crippen LogP contribution in [0.2, 0.25) is 5.02 Å². The van der Waals surface area contributed by atoms with Crippen molar-refractivity contribution in [3.8, 4) is 0 Å². The van der Waals surface area contributed by atoms with E-state index in [0.717, 1.165) is 18.2 Å². The molecule has 0 saturated heterocycles. The van der Waals surface area contributed by atoms with Crippen molar-refractivity contribution in [1.29, 1.82) is 0 Å². The monoisotopic (exact) mass is 362 g/mol. The maximum absolute atomic E-state index is 13.9. The highest BCUT2D eigenvalue weighted by Gasteiger charge is 2.23. The van der Waals surface area contributed by atoms with Gasteiger partial charge in [0.25, 0.3) is 0 Å². The molecule has 1 nitrogen and oxygen atoms in total. The molecular weight excluding hydrogens is 357 g/mol. The summed E-state index contributed by atoms with van der Waals surface area (Å²) in [4.78, 5) is 12.1. The number of rotatable bonds is 2. The van der Waals surface area contributed by atoms with Crippen molar-refractivity contribution in [2.45, 2.75) is 6.92 Å². The highest BCUT2D eigenvalue weighted by molar-refractivity contribution is 9.10. The lowest BCUT2D eigenvalue weighted by molar-refractivity contribution is 0.102. The van der Waals surface area contributed by atoms with Crippen LogP contribution in [0.1, 0.15) is 21.5 Å². The first-order chi connectivity index (χ1) is 9.32. The number of hydrogen-bond donors (Lipinski definition) is 0. The van der Waals surface area contributed by atoms with E-state index in [4.69, 9.17) is 11.6 Å². The Kier molecular flexibility index (Phi) is 4.20. The first-order valence-electron chi connectivity index (χ1n) is 5.46. The van der Waals surface area contributed by atoms with Gasteiger partial charge in [0, 0.05) is 4.47 Å². The Labute approximate surface area is 126 Å². The Balaban J connectivity index is 2.64. The van der Waals surface area contributed by atoms with Crippen LogP contribution in [0.25, 0.3) is 0 Å². The van der Waals surface area contributed by atoms with E-state index in [9.17, 15) is 18.0 Å². The van der Waals surface area contributed by atoms with Gasteiger partial charge in [-0.05, 0) is 46.6 Å². The second-order valence-corrected chi connectivity index (χ2v) is 5.39. The third-order valence-corrected chi connectivity index (χ3v) is 3.96. The van der Waals surface area contributed by atoms with Gasteiger partial charge in [0.05, 0.1) is 16.1 Å². The summed E-state index contributed by atoms with van der Waals surface area (Å²) in [6.45, 7) is 1.39. The Hall–Kier alpha value is -1.33. The number of halogens is 5. The van der Waals surface area contributed by atoms with E-state index in [0.29, 0.717) is 0 Å². The van der Waals surface area contributed by atoms with Crippen LogP contribution in [-0.2, 0) is 0 Å². The number of benzene rings is 2. The van der Waals surface area contributed by atoms with Crippen LogP contribution in [0.15, 0.2) is 28.7 Å². The van der Waals surface area contributed by atoms with Gasteiger partial charge >= 0.3 is 0 Å². The molecule has 2 aromatic rings. The summed E-state index contributed by atoms with van der Waals surface area (Å²) in [6, 6.07) is 4.17. The van der Waals surface area contributed by atoms with Gasteiger partial charge < -0.3 is 0 Å². The Morgan fingerprint density at radius 2 is 1.80 bits per heavy atom. The predicted octanol–water partition coefficient (Wildman–Crippen LogP) is 5.06. The van der Waals surface area contributed by atoms with Crippen molar-refractivity contribution in [3.05, 3.63) is 67.9 Å². The van der Waals surface area contributed by atoms with Crippen LogP contribution >= 0.6 is 27.5 Å². The van der Waals surface area contributed by atoms with E-state index in [1.54, 1.807) is 0 Å². The number of carbonyl (C=O) groups excluding carboxylic acids is 1. The van der Waals surface area contributed by atoms with Crippen LogP contribution in [-0.4, -0.2) is 5.78 Å². The molecule has 6 heteroatoms. The molecule has 0 N–H and O–H groups in total. The van der Waals surface area contributed by atoms with Gasteiger partial charge in [-0.1, -0.05) is 17.7 Å². The van der Waals surface area contributed by atoms with Crippen LogP contribution in [0.4, 0.5) is 13.2 Å².